The highest BCUT2D eigenvalue weighted by Gasteiger charge is 2.57. The molecule has 3 atom stereocenters. The minimum Gasteiger partial charge on any atom is -0.481 e. The van der Waals surface area contributed by atoms with Gasteiger partial charge in [0, 0.05) is 38.5 Å². The maximum Gasteiger partial charge on any atom is 0.303 e. The Balaban J connectivity index is 1.51. The molecule has 27 heavy (non-hydrogen) atoms. The standard InChI is InChI=1S/C17H18F2N6O2/c1-24-12(5-20-23-24)15-21-14-8(2-3-17(14,18)19)16(22-15)25-6-10-9(4-13(26)27)11(10)7-25/h5,9-11H,2-4,6-7H2,1H3,(H,26,27)/t9-,10+,11-. The predicted molar refractivity (Wildman–Crippen MR) is 89.2 cm³/mol. The van der Waals surface area contributed by atoms with Crippen LogP contribution in [0, 0.1) is 17.8 Å². The second-order valence-electron chi connectivity index (χ2n) is 7.64. The van der Waals surface area contributed by atoms with Crippen molar-refractivity contribution in [1.82, 2.24) is 25.0 Å². The molecule has 10 heteroatoms. The third kappa shape index (κ3) is 2.49. The highest BCUT2D eigenvalue weighted by Crippen LogP contribution is 2.55. The molecular formula is C17H18F2N6O2. The molecule has 1 aliphatic heterocycles. The van der Waals surface area contributed by atoms with E-state index in [2.05, 4.69) is 20.3 Å². The minimum absolute atomic E-state index is 0.176. The zero-order chi connectivity index (χ0) is 18.9. The SMILES string of the molecule is Cn1nncc1-c1nc(N2C[C@@H]3[C@H](CC(=O)O)[C@@H]3C2)c2c(n1)C(F)(F)CC2. The van der Waals surface area contributed by atoms with Crippen LogP contribution in [0.5, 0.6) is 0 Å². The summed E-state index contributed by atoms with van der Waals surface area (Å²) in [6, 6.07) is 0. The largest absolute Gasteiger partial charge is 0.481 e. The van der Waals surface area contributed by atoms with E-state index in [1.807, 2.05) is 4.90 Å². The molecule has 2 aromatic heterocycles. The van der Waals surface area contributed by atoms with Gasteiger partial charge < -0.3 is 10.0 Å². The van der Waals surface area contributed by atoms with Crippen LogP contribution in [-0.4, -0.2) is 49.1 Å². The van der Waals surface area contributed by atoms with E-state index in [1.54, 1.807) is 7.05 Å². The number of aliphatic carboxylic acids is 1. The van der Waals surface area contributed by atoms with Crippen LogP contribution in [0.1, 0.15) is 24.1 Å². The highest BCUT2D eigenvalue weighted by atomic mass is 19.3. The van der Waals surface area contributed by atoms with E-state index in [0.717, 1.165) is 0 Å². The first-order valence-corrected chi connectivity index (χ1v) is 8.96. The van der Waals surface area contributed by atoms with Gasteiger partial charge in [0.05, 0.1) is 6.20 Å². The van der Waals surface area contributed by atoms with Crippen LogP contribution in [0.15, 0.2) is 6.20 Å². The number of rotatable bonds is 4. The molecule has 0 aromatic carbocycles. The lowest BCUT2D eigenvalue weighted by Crippen LogP contribution is -2.27. The van der Waals surface area contributed by atoms with E-state index in [9.17, 15) is 13.6 Å². The Morgan fingerprint density at radius 3 is 2.70 bits per heavy atom. The molecule has 0 spiro atoms. The number of halogens is 2. The molecule has 1 saturated carbocycles. The summed E-state index contributed by atoms with van der Waals surface area (Å²) in [5, 5.41) is 16.6. The number of carboxylic acid groups (broad SMARTS) is 1. The predicted octanol–water partition coefficient (Wildman–Crippen LogP) is 1.47. The Hall–Kier alpha value is -2.65. The molecule has 0 radical (unpaired) electrons. The van der Waals surface area contributed by atoms with Crippen molar-refractivity contribution in [3.63, 3.8) is 0 Å². The number of piperidine rings is 1. The fourth-order valence-corrected chi connectivity index (χ4v) is 4.60. The summed E-state index contributed by atoms with van der Waals surface area (Å²) >= 11 is 0. The van der Waals surface area contributed by atoms with Gasteiger partial charge in [0.2, 0.25) is 0 Å². The molecule has 1 N–H and O–H groups in total. The summed E-state index contributed by atoms with van der Waals surface area (Å²) in [5.41, 5.74) is 0.788. The summed E-state index contributed by atoms with van der Waals surface area (Å²) in [4.78, 5) is 21.7. The van der Waals surface area contributed by atoms with Gasteiger partial charge in [0.1, 0.15) is 17.2 Å². The molecule has 2 aliphatic carbocycles. The van der Waals surface area contributed by atoms with E-state index in [0.29, 0.717) is 42.0 Å². The molecule has 1 saturated heterocycles. The van der Waals surface area contributed by atoms with Crippen molar-refractivity contribution in [2.75, 3.05) is 18.0 Å². The van der Waals surface area contributed by atoms with E-state index in [1.165, 1.54) is 10.9 Å². The Morgan fingerprint density at radius 2 is 2.07 bits per heavy atom. The highest BCUT2D eigenvalue weighted by molar-refractivity contribution is 5.68. The van der Waals surface area contributed by atoms with Crippen molar-refractivity contribution in [1.29, 1.82) is 0 Å². The lowest BCUT2D eigenvalue weighted by Gasteiger charge is -2.24. The topological polar surface area (TPSA) is 97.0 Å². The third-order valence-corrected chi connectivity index (χ3v) is 6.05. The summed E-state index contributed by atoms with van der Waals surface area (Å²) in [7, 11) is 1.66. The van der Waals surface area contributed by atoms with E-state index in [-0.39, 0.29) is 36.7 Å². The molecule has 2 fully saturated rings. The lowest BCUT2D eigenvalue weighted by atomic mass is 10.1. The molecule has 142 valence electrons. The Bertz CT molecular complexity index is 934. The maximum absolute atomic E-state index is 14.4. The Labute approximate surface area is 153 Å². The van der Waals surface area contributed by atoms with E-state index < -0.39 is 11.9 Å². The fraction of sp³-hybridized carbons (Fsp3) is 0.588. The van der Waals surface area contributed by atoms with Crippen molar-refractivity contribution in [2.45, 2.75) is 25.2 Å². The van der Waals surface area contributed by atoms with Crippen LogP contribution in [0.4, 0.5) is 14.6 Å². The molecule has 2 aromatic rings. The molecule has 3 heterocycles. The molecule has 3 aliphatic rings. The van der Waals surface area contributed by atoms with E-state index in [4.69, 9.17) is 5.11 Å². The van der Waals surface area contributed by atoms with Crippen molar-refractivity contribution in [3.8, 4) is 11.5 Å². The van der Waals surface area contributed by atoms with Gasteiger partial charge in [-0.1, -0.05) is 5.21 Å². The summed E-state index contributed by atoms with van der Waals surface area (Å²) in [6.45, 7) is 1.31. The number of hydrogen-bond donors (Lipinski definition) is 1. The molecule has 0 unspecified atom stereocenters. The van der Waals surface area contributed by atoms with Gasteiger partial charge in [-0.25, -0.2) is 14.6 Å². The number of alkyl halides is 2. The van der Waals surface area contributed by atoms with Crippen LogP contribution in [-0.2, 0) is 24.2 Å². The first-order chi connectivity index (χ1) is 12.8. The number of fused-ring (bicyclic) bond motifs is 2. The van der Waals surface area contributed by atoms with Crippen molar-refractivity contribution in [3.05, 3.63) is 17.5 Å². The fourth-order valence-electron chi connectivity index (χ4n) is 4.60. The lowest BCUT2D eigenvalue weighted by molar-refractivity contribution is -0.137. The van der Waals surface area contributed by atoms with Gasteiger partial charge >= 0.3 is 5.97 Å². The van der Waals surface area contributed by atoms with Gasteiger partial charge in [0.25, 0.3) is 5.92 Å². The monoisotopic (exact) mass is 376 g/mol. The molecule has 0 bridgehead atoms. The average Bonchev–Trinajstić information content (AvgIpc) is 3.03. The quantitative estimate of drug-likeness (QED) is 0.863. The number of aryl methyl sites for hydroxylation is 1. The maximum atomic E-state index is 14.4. The Morgan fingerprint density at radius 1 is 1.33 bits per heavy atom. The van der Waals surface area contributed by atoms with E-state index >= 15 is 0 Å². The van der Waals surface area contributed by atoms with Crippen LogP contribution >= 0.6 is 0 Å². The third-order valence-electron chi connectivity index (χ3n) is 6.05. The Kier molecular flexibility index (Phi) is 3.32. The molecule has 5 rings (SSSR count). The van der Waals surface area contributed by atoms with Gasteiger partial charge in [0.15, 0.2) is 5.82 Å². The van der Waals surface area contributed by atoms with Gasteiger partial charge in [-0.05, 0) is 24.2 Å². The second-order valence-corrected chi connectivity index (χ2v) is 7.64. The molecule has 0 amide bonds. The molecular weight excluding hydrogens is 358 g/mol. The first kappa shape index (κ1) is 16.5. The number of nitrogens with zero attached hydrogens (tertiary/aromatic N) is 6. The van der Waals surface area contributed by atoms with Crippen molar-refractivity contribution in [2.24, 2.45) is 24.8 Å². The smallest absolute Gasteiger partial charge is 0.303 e. The number of anilines is 1. The average molecular weight is 376 g/mol. The summed E-state index contributed by atoms with van der Waals surface area (Å²) < 4.78 is 30.3. The zero-order valence-corrected chi connectivity index (χ0v) is 14.6. The second kappa shape index (κ2) is 5.43. The van der Waals surface area contributed by atoms with Gasteiger partial charge in [-0.3, -0.25) is 4.79 Å². The minimum atomic E-state index is -2.97. The van der Waals surface area contributed by atoms with Gasteiger partial charge in [-0.2, -0.15) is 8.78 Å². The summed E-state index contributed by atoms with van der Waals surface area (Å²) in [6.07, 6.45) is 1.61. The van der Waals surface area contributed by atoms with Gasteiger partial charge in [-0.15, -0.1) is 5.10 Å². The van der Waals surface area contributed by atoms with Crippen molar-refractivity contribution >= 4 is 11.8 Å². The summed E-state index contributed by atoms with van der Waals surface area (Å²) in [5.74, 6) is -2.21. The zero-order valence-electron chi connectivity index (χ0n) is 14.6. The van der Waals surface area contributed by atoms with Crippen molar-refractivity contribution < 1.29 is 18.7 Å². The number of carboxylic acids is 1. The number of aromatic nitrogens is 5. The van der Waals surface area contributed by atoms with Crippen LogP contribution < -0.4 is 4.90 Å². The van der Waals surface area contributed by atoms with Crippen LogP contribution in [0.25, 0.3) is 11.5 Å². The van der Waals surface area contributed by atoms with Crippen LogP contribution in [0.2, 0.25) is 0 Å². The van der Waals surface area contributed by atoms with Crippen LogP contribution in [0.3, 0.4) is 0 Å². The normalized spacial score (nSPS) is 27.5. The first-order valence-electron chi connectivity index (χ1n) is 8.96. The number of carbonyl (C=O) groups is 1. The molecule has 8 nitrogen and oxygen atoms in total. The number of hydrogen-bond acceptors (Lipinski definition) is 6.